The van der Waals surface area contributed by atoms with Crippen LogP contribution in [0.15, 0.2) is 60.2 Å². The number of para-hydroxylation sites is 1. The molecule has 2 aromatic rings. The van der Waals surface area contributed by atoms with Crippen LogP contribution in [0.4, 0.5) is 0 Å². The minimum absolute atomic E-state index is 0.128. The van der Waals surface area contributed by atoms with Gasteiger partial charge in [-0.2, -0.15) is 0 Å². The van der Waals surface area contributed by atoms with Crippen LogP contribution in [-0.4, -0.2) is 31.6 Å². The lowest BCUT2D eigenvalue weighted by Gasteiger charge is -2.30. The molecule has 0 saturated carbocycles. The van der Waals surface area contributed by atoms with Gasteiger partial charge in [-0.05, 0) is 30.7 Å². The third-order valence-electron chi connectivity index (χ3n) is 5.61. The molecule has 1 aliphatic heterocycles. The number of hydrogen-bond acceptors (Lipinski definition) is 6. The summed E-state index contributed by atoms with van der Waals surface area (Å²) in [6.07, 6.45) is 1.51. The molecular formula is C23H19ClO6. The van der Waals surface area contributed by atoms with Gasteiger partial charge in [0.25, 0.3) is 0 Å². The lowest BCUT2D eigenvalue weighted by Crippen LogP contribution is -2.44. The number of hydrogen-bond donors (Lipinski definition) is 0. The van der Waals surface area contributed by atoms with Crippen molar-refractivity contribution < 1.29 is 28.6 Å². The van der Waals surface area contributed by atoms with Gasteiger partial charge in [0.2, 0.25) is 0 Å². The summed E-state index contributed by atoms with van der Waals surface area (Å²) in [6, 6.07) is 13.7. The molecule has 154 valence electrons. The topological polar surface area (TPSA) is 78.9 Å². The highest BCUT2D eigenvalue weighted by molar-refractivity contribution is 6.30. The van der Waals surface area contributed by atoms with Crippen molar-refractivity contribution in [1.82, 2.24) is 0 Å². The minimum atomic E-state index is -1.49. The number of fused-ring (bicyclic) bond motifs is 2. The molecule has 0 bridgehead atoms. The first-order valence-corrected chi connectivity index (χ1v) is 9.86. The smallest absolute Gasteiger partial charge is 0.334 e. The summed E-state index contributed by atoms with van der Waals surface area (Å²) in [5.41, 5.74) is -0.128. The SMILES string of the molecule is CCOC(=O)[C@@H]1[C@@H](c2ccc(Cl)cc2)C(C(=O)OC)=C[C@@]12C(=O)Oc1ccccc12. The highest BCUT2D eigenvalue weighted by Crippen LogP contribution is 2.57. The molecule has 0 N–H and O–H groups in total. The summed E-state index contributed by atoms with van der Waals surface area (Å²) >= 11 is 6.03. The van der Waals surface area contributed by atoms with E-state index >= 15 is 0 Å². The Morgan fingerprint density at radius 3 is 2.50 bits per heavy atom. The summed E-state index contributed by atoms with van der Waals surface area (Å²) in [5, 5.41) is 0.508. The molecule has 0 saturated heterocycles. The highest BCUT2D eigenvalue weighted by Gasteiger charge is 2.64. The first-order chi connectivity index (χ1) is 14.4. The van der Waals surface area contributed by atoms with Gasteiger partial charge in [-0.3, -0.25) is 9.59 Å². The van der Waals surface area contributed by atoms with Crippen LogP contribution in [0.5, 0.6) is 5.75 Å². The molecule has 6 nitrogen and oxygen atoms in total. The summed E-state index contributed by atoms with van der Waals surface area (Å²) in [6.45, 7) is 1.81. The second kappa shape index (κ2) is 7.61. The van der Waals surface area contributed by atoms with Crippen LogP contribution in [0, 0.1) is 5.92 Å². The number of esters is 3. The van der Waals surface area contributed by atoms with Crippen molar-refractivity contribution in [3.63, 3.8) is 0 Å². The quantitative estimate of drug-likeness (QED) is 0.549. The minimum Gasteiger partial charge on any atom is -0.466 e. The van der Waals surface area contributed by atoms with Crippen LogP contribution in [0.3, 0.4) is 0 Å². The van der Waals surface area contributed by atoms with E-state index in [9.17, 15) is 14.4 Å². The summed E-state index contributed by atoms with van der Waals surface area (Å²) in [5.74, 6) is -3.30. The molecule has 7 heteroatoms. The van der Waals surface area contributed by atoms with Gasteiger partial charge in [0.1, 0.15) is 11.2 Å². The molecule has 0 radical (unpaired) electrons. The van der Waals surface area contributed by atoms with Crippen LogP contribution in [0.25, 0.3) is 0 Å². The molecule has 0 unspecified atom stereocenters. The van der Waals surface area contributed by atoms with Crippen molar-refractivity contribution in [1.29, 1.82) is 0 Å². The van der Waals surface area contributed by atoms with Crippen LogP contribution < -0.4 is 4.74 Å². The number of ether oxygens (including phenoxy) is 3. The van der Waals surface area contributed by atoms with E-state index in [0.717, 1.165) is 0 Å². The fraction of sp³-hybridized carbons (Fsp3) is 0.261. The molecule has 0 aromatic heterocycles. The average molecular weight is 427 g/mol. The molecule has 0 fully saturated rings. The zero-order valence-corrected chi connectivity index (χ0v) is 17.1. The zero-order chi connectivity index (χ0) is 21.5. The van der Waals surface area contributed by atoms with E-state index in [-0.39, 0.29) is 12.2 Å². The van der Waals surface area contributed by atoms with Crippen LogP contribution >= 0.6 is 11.6 Å². The lowest BCUT2D eigenvalue weighted by atomic mass is 9.69. The van der Waals surface area contributed by atoms with E-state index in [0.29, 0.717) is 21.9 Å². The van der Waals surface area contributed by atoms with Crippen LogP contribution in [0.2, 0.25) is 5.02 Å². The number of rotatable bonds is 4. The average Bonchev–Trinajstić information content (AvgIpc) is 3.24. The van der Waals surface area contributed by atoms with Crippen LogP contribution in [-0.2, 0) is 29.3 Å². The van der Waals surface area contributed by atoms with Crippen molar-refractivity contribution in [2.45, 2.75) is 18.3 Å². The molecular weight excluding hydrogens is 408 g/mol. The van der Waals surface area contributed by atoms with E-state index < -0.39 is 35.2 Å². The molecule has 4 rings (SSSR count). The Morgan fingerprint density at radius 2 is 1.83 bits per heavy atom. The van der Waals surface area contributed by atoms with Gasteiger partial charge in [0.15, 0.2) is 0 Å². The van der Waals surface area contributed by atoms with E-state index in [1.54, 1.807) is 55.5 Å². The predicted octanol–water partition coefficient (Wildman–Crippen LogP) is 3.57. The predicted molar refractivity (Wildman–Crippen MR) is 108 cm³/mol. The fourth-order valence-corrected chi connectivity index (χ4v) is 4.52. The molecule has 30 heavy (non-hydrogen) atoms. The van der Waals surface area contributed by atoms with E-state index in [4.69, 9.17) is 25.8 Å². The Balaban J connectivity index is 1.99. The summed E-state index contributed by atoms with van der Waals surface area (Å²) < 4.78 is 15.8. The highest BCUT2D eigenvalue weighted by atomic mass is 35.5. The van der Waals surface area contributed by atoms with Gasteiger partial charge in [0.05, 0.1) is 19.6 Å². The third-order valence-corrected chi connectivity index (χ3v) is 5.86. The molecule has 1 heterocycles. The summed E-state index contributed by atoms with van der Waals surface area (Å²) in [4.78, 5) is 39.2. The first-order valence-electron chi connectivity index (χ1n) is 9.49. The maximum atomic E-state index is 13.2. The Bertz CT molecular complexity index is 1060. The number of carbonyl (C=O) groups is 3. The van der Waals surface area contributed by atoms with Crippen molar-refractivity contribution in [2.24, 2.45) is 5.92 Å². The fourth-order valence-electron chi connectivity index (χ4n) is 4.39. The molecule has 1 aliphatic carbocycles. The summed E-state index contributed by atoms with van der Waals surface area (Å²) in [7, 11) is 1.26. The Hall–Kier alpha value is -3.12. The molecule has 3 atom stereocenters. The normalized spacial score (nSPS) is 24.2. The second-order valence-electron chi connectivity index (χ2n) is 7.10. The Labute approximate surface area is 178 Å². The second-order valence-corrected chi connectivity index (χ2v) is 7.54. The largest absolute Gasteiger partial charge is 0.466 e. The van der Waals surface area contributed by atoms with Crippen molar-refractivity contribution in [3.05, 3.63) is 76.3 Å². The lowest BCUT2D eigenvalue weighted by molar-refractivity contribution is -0.155. The van der Waals surface area contributed by atoms with Gasteiger partial charge in [0, 0.05) is 22.1 Å². The van der Waals surface area contributed by atoms with Gasteiger partial charge in [-0.15, -0.1) is 0 Å². The van der Waals surface area contributed by atoms with Crippen molar-refractivity contribution >= 4 is 29.5 Å². The molecule has 2 aromatic carbocycles. The van der Waals surface area contributed by atoms with Crippen molar-refractivity contribution in [2.75, 3.05) is 13.7 Å². The number of halogens is 1. The zero-order valence-electron chi connectivity index (χ0n) is 16.4. The van der Waals surface area contributed by atoms with E-state index in [1.165, 1.54) is 13.2 Å². The maximum absolute atomic E-state index is 13.2. The number of benzene rings is 2. The number of methoxy groups -OCH3 is 1. The van der Waals surface area contributed by atoms with Crippen molar-refractivity contribution in [3.8, 4) is 5.75 Å². The van der Waals surface area contributed by atoms with Crippen LogP contribution in [0.1, 0.15) is 24.0 Å². The van der Waals surface area contributed by atoms with Gasteiger partial charge >= 0.3 is 17.9 Å². The Morgan fingerprint density at radius 1 is 1.13 bits per heavy atom. The van der Waals surface area contributed by atoms with Gasteiger partial charge in [-0.1, -0.05) is 48.0 Å². The molecule has 2 aliphatic rings. The van der Waals surface area contributed by atoms with Gasteiger partial charge < -0.3 is 14.2 Å². The van der Waals surface area contributed by atoms with E-state index in [1.807, 2.05) is 0 Å². The standard InChI is InChI=1S/C23H19ClO6/c1-3-29-21(26)19-18(13-8-10-14(24)11-9-13)15(20(25)28-2)12-23(19)16-6-4-5-7-17(16)30-22(23)27/h4-12,18-19H,3H2,1-2H3/t18-,19-,23-/m0/s1. The van der Waals surface area contributed by atoms with Gasteiger partial charge in [-0.25, -0.2) is 4.79 Å². The molecule has 1 spiro atoms. The number of carbonyl (C=O) groups excluding carboxylic acids is 3. The monoisotopic (exact) mass is 426 g/mol. The first kappa shape index (κ1) is 20.2. The Kier molecular flexibility index (Phi) is 5.12. The van der Waals surface area contributed by atoms with E-state index in [2.05, 4.69) is 0 Å². The maximum Gasteiger partial charge on any atom is 0.334 e. The third kappa shape index (κ3) is 2.91. The molecule has 0 amide bonds.